The molecule has 0 aromatic heterocycles. The van der Waals surface area contributed by atoms with Gasteiger partial charge in [0.1, 0.15) is 11.6 Å². The van der Waals surface area contributed by atoms with Crippen LogP contribution in [0.15, 0.2) is 59.8 Å². The molecule has 5 nitrogen and oxygen atoms in total. The predicted octanol–water partition coefficient (Wildman–Crippen LogP) is 4.11. The highest BCUT2D eigenvalue weighted by molar-refractivity contribution is 7.80. The molecule has 0 saturated heterocycles. The molecule has 1 aliphatic rings. The van der Waals surface area contributed by atoms with Crippen molar-refractivity contribution in [3.63, 3.8) is 0 Å². The maximum Gasteiger partial charge on any atom is 0.338 e. The molecule has 0 unspecified atom stereocenters. The van der Waals surface area contributed by atoms with Crippen molar-refractivity contribution >= 4 is 29.0 Å². The molecule has 0 bridgehead atoms. The molecule has 0 amide bonds. The molecule has 28 heavy (non-hydrogen) atoms. The molecule has 0 aliphatic carbocycles. The van der Waals surface area contributed by atoms with Crippen molar-refractivity contribution in [1.29, 1.82) is 0 Å². The van der Waals surface area contributed by atoms with E-state index in [-0.39, 0.29) is 6.61 Å². The number of methoxy groups -OCH3 is 1. The number of hydrogen-bond donors (Lipinski definition) is 1. The second-order valence-electron chi connectivity index (χ2n) is 6.16. The Balaban J connectivity index is 2.17. The van der Waals surface area contributed by atoms with Gasteiger partial charge in [0.15, 0.2) is 5.11 Å². The van der Waals surface area contributed by atoms with Crippen LogP contribution in [0.5, 0.6) is 5.75 Å². The molecule has 0 spiro atoms. The van der Waals surface area contributed by atoms with E-state index in [1.165, 1.54) is 12.1 Å². The first-order chi connectivity index (χ1) is 13.5. The first-order valence-corrected chi connectivity index (χ1v) is 9.25. The summed E-state index contributed by atoms with van der Waals surface area (Å²) in [5.74, 6) is -0.263. The first kappa shape index (κ1) is 19.8. The van der Waals surface area contributed by atoms with Gasteiger partial charge in [-0.2, -0.15) is 0 Å². The Morgan fingerprint density at radius 1 is 1.25 bits per heavy atom. The molecule has 7 heteroatoms. The van der Waals surface area contributed by atoms with Crippen molar-refractivity contribution in [3.8, 4) is 5.75 Å². The van der Waals surface area contributed by atoms with Gasteiger partial charge in [0.05, 0.1) is 31.0 Å². The first-order valence-electron chi connectivity index (χ1n) is 8.85. The third kappa shape index (κ3) is 3.71. The number of halogens is 1. The fourth-order valence-electron chi connectivity index (χ4n) is 3.26. The number of thiocarbonyl (C=S) groups is 1. The van der Waals surface area contributed by atoms with Crippen LogP contribution in [0, 0.1) is 5.82 Å². The highest BCUT2D eigenvalue weighted by atomic mass is 32.1. The molecule has 146 valence electrons. The second-order valence-corrected chi connectivity index (χ2v) is 6.55. The number of anilines is 1. The zero-order valence-corrected chi connectivity index (χ0v) is 16.7. The van der Waals surface area contributed by atoms with Gasteiger partial charge in [-0.15, -0.1) is 0 Å². The number of carbonyl (C=O) groups excluding carboxylic acids is 1. The summed E-state index contributed by atoms with van der Waals surface area (Å²) in [6.07, 6.45) is 0. The maximum absolute atomic E-state index is 13.8. The van der Waals surface area contributed by atoms with E-state index in [9.17, 15) is 9.18 Å². The smallest absolute Gasteiger partial charge is 0.338 e. The fourth-order valence-corrected chi connectivity index (χ4v) is 3.61. The van der Waals surface area contributed by atoms with E-state index in [1.54, 1.807) is 38.0 Å². The lowest BCUT2D eigenvalue weighted by Crippen LogP contribution is -2.48. The number of para-hydroxylation sites is 2. The minimum Gasteiger partial charge on any atom is -0.495 e. The van der Waals surface area contributed by atoms with Crippen LogP contribution in [0.25, 0.3) is 0 Å². The third-order valence-corrected chi connectivity index (χ3v) is 4.79. The van der Waals surface area contributed by atoms with Gasteiger partial charge in [0.25, 0.3) is 0 Å². The number of esters is 1. The van der Waals surface area contributed by atoms with E-state index >= 15 is 0 Å². The Bertz CT molecular complexity index is 945. The zero-order chi connectivity index (χ0) is 20.3. The Labute approximate surface area is 168 Å². The zero-order valence-electron chi connectivity index (χ0n) is 15.9. The maximum atomic E-state index is 13.8. The highest BCUT2D eigenvalue weighted by Gasteiger charge is 2.36. The van der Waals surface area contributed by atoms with E-state index < -0.39 is 17.8 Å². The van der Waals surface area contributed by atoms with Gasteiger partial charge in [-0.1, -0.05) is 24.3 Å². The minimum atomic E-state index is -0.617. The van der Waals surface area contributed by atoms with Gasteiger partial charge in [0.2, 0.25) is 0 Å². The Kier molecular flexibility index (Phi) is 5.94. The van der Waals surface area contributed by atoms with Gasteiger partial charge in [-0.3, -0.25) is 4.90 Å². The summed E-state index contributed by atoms with van der Waals surface area (Å²) < 4.78 is 24.5. The van der Waals surface area contributed by atoms with E-state index in [4.69, 9.17) is 21.7 Å². The molecule has 2 aromatic carbocycles. The summed E-state index contributed by atoms with van der Waals surface area (Å²) >= 11 is 5.59. The number of carbonyl (C=O) groups is 1. The summed E-state index contributed by atoms with van der Waals surface area (Å²) in [6.45, 7) is 3.76. The van der Waals surface area contributed by atoms with Crippen LogP contribution in [0.2, 0.25) is 0 Å². The third-order valence-electron chi connectivity index (χ3n) is 4.49. The number of nitrogens with zero attached hydrogens (tertiary/aromatic N) is 1. The second kappa shape index (κ2) is 8.39. The van der Waals surface area contributed by atoms with E-state index in [0.29, 0.717) is 33.4 Å². The number of rotatable bonds is 5. The molecule has 0 radical (unpaired) electrons. The average Bonchev–Trinajstić information content (AvgIpc) is 2.68. The number of hydrogen-bond acceptors (Lipinski definition) is 4. The molecule has 1 N–H and O–H groups in total. The fraction of sp³-hybridized carbons (Fsp3) is 0.238. The quantitative estimate of drug-likeness (QED) is 0.602. The Morgan fingerprint density at radius 2 is 2.00 bits per heavy atom. The molecule has 3 rings (SSSR count). The van der Waals surface area contributed by atoms with Crippen molar-refractivity contribution in [2.24, 2.45) is 0 Å². The van der Waals surface area contributed by atoms with Crippen LogP contribution in [0.3, 0.4) is 0 Å². The molecular weight excluding hydrogens is 379 g/mol. The number of benzene rings is 2. The minimum absolute atomic E-state index is 0.227. The van der Waals surface area contributed by atoms with Crippen LogP contribution < -0.4 is 15.0 Å². The molecule has 2 aromatic rings. The lowest BCUT2D eigenvalue weighted by Gasteiger charge is -2.38. The predicted molar refractivity (Wildman–Crippen MR) is 110 cm³/mol. The monoisotopic (exact) mass is 400 g/mol. The summed E-state index contributed by atoms with van der Waals surface area (Å²) in [6, 6.07) is 12.8. The van der Waals surface area contributed by atoms with Gasteiger partial charge in [-0.05, 0) is 55.9 Å². The lowest BCUT2D eigenvalue weighted by atomic mass is 9.94. The summed E-state index contributed by atoms with van der Waals surface area (Å²) in [5.41, 5.74) is 2.25. The number of nitrogens with one attached hydrogen (secondary N) is 1. The standard InChI is InChI=1S/C21H21FN2O3S/c1-4-27-20(25)18-13(2)24(16-10-5-6-11-17(16)26-3)21(28)23-19(18)14-8-7-9-15(22)12-14/h5-12,19H,4H2,1-3H3,(H,23,28)/t19-/m1/s1. The van der Waals surface area contributed by atoms with Crippen LogP contribution in [-0.2, 0) is 9.53 Å². The van der Waals surface area contributed by atoms with E-state index in [0.717, 1.165) is 0 Å². The summed E-state index contributed by atoms with van der Waals surface area (Å²) in [7, 11) is 1.57. The number of ether oxygens (including phenoxy) is 2. The Morgan fingerprint density at radius 3 is 2.68 bits per heavy atom. The van der Waals surface area contributed by atoms with Gasteiger partial charge in [0, 0.05) is 5.70 Å². The van der Waals surface area contributed by atoms with Crippen molar-refractivity contribution in [1.82, 2.24) is 5.32 Å². The summed E-state index contributed by atoms with van der Waals surface area (Å²) in [4.78, 5) is 14.5. The van der Waals surface area contributed by atoms with Crippen LogP contribution in [-0.4, -0.2) is 24.8 Å². The Hall–Kier alpha value is -2.93. The van der Waals surface area contributed by atoms with E-state index in [1.807, 2.05) is 24.3 Å². The van der Waals surface area contributed by atoms with Crippen molar-refractivity contribution < 1.29 is 18.7 Å². The van der Waals surface area contributed by atoms with Crippen LogP contribution >= 0.6 is 12.2 Å². The molecule has 0 saturated carbocycles. The normalized spacial score (nSPS) is 16.6. The van der Waals surface area contributed by atoms with Crippen molar-refractivity contribution in [2.75, 3.05) is 18.6 Å². The average molecular weight is 400 g/mol. The van der Waals surface area contributed by atoms with Gasteiger partial charge < -0.3 is 14.8 Å². The molecular formula is C21H21FN2O3S. The molecule has 0 fully saturated rings. The van der Waals surface area contributed by atoms with Crippen LogP contribution in [0.4, 0.5) is 10.1 Å². The molecule has 1 atom stereocenters. The van der Waals surface area contributed by atoms with E-state index in [2.05, 4.69) is 5.32 Å². The SMILES string of the molecule is CCOC(=O)C1=C(C)N(c2ccccc2OC)C(=S)N[C@@H]1c1cccc(F)c1. The van der Waals surface area contributed by atoms with Crippen LogP contribution in [0.1, 0.15) is 25.5 Å². The van der Waals surface area contributed by atoms with Crippen molar-refractivity contribution in [2.45, 2.75) is 19.9 Å². The molecule has 1 heterocycles. The lowest BCUT2D eigenvalue weighted by molar-refractivity contribution is -0.139. The molecule has 1 aliphatic heterocycles. The van der Waals surface area contributed by atoms with Gasteiger partial charge >= 0.3 is 5.97 Å². The summed E-state index contributed by atoms with van der Waals surface area (Å²) in [5, 5.41) is 3.54. The topological polar surface area (TPSA) is 50.8 Å². The number of allylic oxidation sites excluding steroid dienone is 1. The highest BCUT2D eigenvalue weighted by Crippen LogP contribution is 2.37. The van der Waals surface area contributed by atoms with Crippen molar-refractivity contribution in [3.05, 3.63) is 71.2 Å². The largest absolute Gasteiger partial charge is 0.495 e. The van der Waals surface area contributed by atoms with Gasteiger partial charge in [-0.25, -0.2) is 9.18 Å².